The molecule has 0 amide bonds. The fraction of sp³-hybridized carbons (Fsp3) is 0.476. The Morgan fingerprint density at radius 3 is 2.38 bits per heavy atom. The number of benzene rings is 1. The molecule has 128 valence electrons. The second-order valence-corrected chi connectivity index (χ2v) is 6.67. The third kappa shape index (κ3) is 6.28. The van der Waals surface area contributed by atoms with Gasteiger partial charge >= 0.3 is 0 Å². The molecular formula is C21H25F2N. The Balaban J connectivity index is 1.64. The average Bonchev–Trinajstić information content (AvgIpc) is 2.60. The van der Waals surface area contributed by atoms with E-state index < -0.39 is 11.6 Å². The number of aryl methyl sites for hydroxylation is 1. The summed E-state index contributed by atoms with van der Waals surface area (Å²) >= 11 is 0. The molecule has 1 aliphatic carbocycles. The summed E-state index contributed by atoms with van der Waals surface area (Å²) < 4.78 is 26.1. The topological polar surface area (TPSA) is 23.8 Å². The Kier molecular flexibility index (Phi) is 7.68. The highest BCUT2D eigenvalue weighted by molar-refractivity contribution is 5.18. The Morgan fingerprint density at radius 2 is 1.71 bits per heavy atom. The number of rotatable bonds is 7. The molecule has 0 bridgehead atoms. The van der Waals surface area contributed by atoms with Crippen LogP contribution in [0.5, 0.6) is 0 Å². The first kappa shape index (κ1) is 18.4. The van der Waals surface area contributed by atoms with E-state index in [4.69, 9.17) is 5.26 Å². The van der Waals surface area contributed by atoms with Gasteiger partial charge in [0.05, 0.1) is 6.07 Å². The zero-order chi connectivity index (χ0) is 17.2. The third-order valence-electron chi connectivity index (χ3n) is 4.95. The molecule has 0 saturated heterocycles. The van der Waals surface area contributed by atoms with Crippen LogP contribution in [0.1, 0.15) is 50.5 Å². The number of hydrogen-bond donors (Lipinski definition) is 0. The first-order valence-electron chi connectivity index (χ1n) is 8.84. The molecule has 0 aromatic heterocycles. The van der Waals surface area contributed by atoms with Gasteiger partial charge < -0.3 is 0 Å². The van der Waals surface area contributed by atoms with Gasteiger partial charge in [0.1, 0.15) is 0 Å². The third-order valence-corrected chi connectivity index (χ3v) is 4.95. The lowest BCUT2D eigenvalue weighted by Crippen LogP contribution is -2.15. The number of nitrogens with zero attached hydrogens (tertiary/aromatic N) is 1. The molecule has 1 aliphatic rings. The van der Waals surface area contributed by atoms with Crippen molar-refractivity contribution >= 4 is 0 Å². The molecule has 0 radical (unpaired) electrons. The molecule has 0 N–H and O–H groups in total. The lowest BCUT2D eigenvalue weighted by Gasteiger charge is -2.28. The molecule has 1 aromatic carbocycles. The maximum Gasteiger partial charge on any atom is 0.159 e. The van der Waals surface area contributed by atoms with Crippen LogP contribution in [0.3, 0.4) is 0 Å². The van der Waals surface area contributed by atoms with Crippen LogP contribution < -0.4 is 0 Å². The van der Waals surface area contributed by atoms with Gasteiger partial charge in [-0.2, -0.15) is 5.26 Å². The number of halogens is 2. The van der Waals surface area contributed by atoms with Crippen molar-refractivity contribution < 1.29 is 8.78 Å². The Bertz CT molecular complexity index is 605. The molecule has 0 spiro atoms. The van der Waals surface area contributed by atoms with Gasteiger partial charge in [0, 0.05) is 6.08 Å². The normalized spacial score (nSPS) is 21.4. The molecule has 0 aliphatic heterocycles. The fourth-order valence-electron chi connectivity index (χ4n) is 3.48. The summed E-state index contributed by atoms with van der Waals surface area (Å²) in [7, 11) is 0. The average molecular weight is 329 g/mol. The number of allylic oxidation sites excluding steroid dienone is 4. The van der Waals surface area contributed by atoms with Crippen LogP contribution in [-0.4, -0.2) is 0 Å². The van der Waals surface area contributed by atoms with Crippen molar-refractivity contribution in [1.29, 1.82) is 5.26 Å². The summed E-state index contributed by atoms with van der Waals surface area (Å²) in [6.45, 7) is 0. The molecule has 0 unspecified atom stereocenters. The van der Waals surface area contributed by atoms with Gasteiger partial charge in [-0.3, -0.25) is 0 Å². The van der Waals surface area contributed by atoms with Crippen LogP contribution in [0.2, 0.25) is 0 Å². The van der Waals surface area contributed by atoms with E-state index in [-0.39, 0.29) is 0 Å². The van der Waals surface area contributed by atoms with Gasteiger partial charge in [0.15, 0.2) is 11.6 Å². The molecule has 3 heteroatoms. The maximum atomic E-state index is 13.2. The van der Waals surface area contributed by atoms with Crippen molar-refractivity contribution in [3.05, 3.63) is 59.7 Å². The van der Waals surface area contributed by atoms with Gasteiger partial charge in [-0.25, -0.2) is 8.78 Å². The molecule has 0 heterocycles. The molecule has 2 rings (SSSR count). The monoisotopic (exact) mass is 329 g/mol. The zero-order valence-electron chi connectivity index (χ0n) is 14.1. The highest BCUT2D eigenvalue weighted by Gasteiger charge is 2.20. The largest absolute Gasteiger partial charge is 0.204 e. The Hall–Kier alpha value is -1.95. The minimum atomic E-state index is -0.767. The van der Waals surface area contributed by atoms with E-state index in [1.807, 2.05) is 12.1 Å². The molecule has 24 heavy (non-hydrogen) atoms. The second kappa shape index (κ2) is 10.0. The van der Waals surface area contributed by atoms with E-state index >= 15 is 0 Å². The van der Waals surface area contributed by atoms with Crippen LogP contribution >= 0.6 is 0 Å². The Labute approximate surface area is 143 Å². The summed E-state index contributed by atoms with van der Waals surface area (Å²) in [4.78, 5) is 0. The van der Waals surface area contributed by atoms with Gasteiger partial charge in [0.2, 0.25) is 0 Å². The smallest absolute Gasteiger partial charge is 0.159 e. The molecular weight excluding hydrogens is 304 g/mol. The molecule has 1 saturated carbocycles. The van der Waals surface area contributed by atoms with E-state index in [0.29, 0.717) is 5.92 Å². The second-order valence-electron chi connectivity index (χ2n) is 6.67. The first-order valence-corrected chi connectivity index (χ1v) is 8.84. The lowest BCUT2D eigenvalue weighted by molar-refractivity contribution is 0.254. The summed E-state index contributed by atoms with van der Waals surface area (Å²) in [6, 6.07) is 6.21. The van der Waals surface area contributed by atoms with E-state index in [1.165, 1.54) is 50.3 Å². The molecule has 1 fully saturated rings. The maximum absolute atomic E-state index is 13.2. The van der Waals surface area contributed by atoms with Gasteiger partial charge in [0.25, 0.3) is 0 Å². The predicted molar refractivity (Wildman–Crippen MR) is 93.3 cm³/mol. The SMILES string of the molecule is N#CC=CC=CCC[C@H]1CC[C@H](CCc2ccc(F)c(F)c2)CC1. The van der Waals surface area contributed by atoms with E-state index in [0.717, 1.165) is 30.7 Å². The van der Waals surface area contributed by atoms with Crippen molar-refractivity contribution in [2.24, 2.45) is 11.8 Å². The predicted octanol–water partition coefficient (Wildman–Crippen LogP) is 6.12. The van der Waals surface area contributed by atoms with Gasteiger partial charge in [-0.1, -0.05) is 50.0 Å². The van der Waals surface area contributed by atoms with Crippen molar-refractivity contribution in [1.82, 2.24) is 0 Å². The molecule has 1 nitrogen and oxygen atoms in total. The minimum Gasteiger partial charge on any atom is -0.204 e. The Morgan fingerprint density at radius 1 is 1.00 bits per heavy atom. The van der Waals surface area contributed by atoms with Crippen LogP contribution in [-0.2, 0) is 6.42 Å². The first-order chi connectivity index (χ1) is 11.7. The zero-order valence-corrected chi connectivity index (χ0v) is 14.1. The number of nitriles is 1. The summed E-state index contributed by atoms with van der Waals surface area (Å²) in [5.74, 6) is 0.00267. The van der Waals surface area contributed by atoms with Crippen molar-refractivity contribution in [2.75, 3.05) is 0 Å². The summed E-state index contributed by atoms with van der Waals surface area (Å²) in [6.07, 6.45) is 16.5. The van der Waals surface area contributed by atoms with Crippen LogP contribution in [0.4, 0.5) is 8.78 Å². The van der Waals surface area contributed by atoms with E-state index in [2.05, 4.69) is 6.08 Å². The summed E-state index contributed by atoms with van der Waals surface area (Å²) in [5.41, 5.74) is 0.895. The van der Waals surface area contributed by atoms with Crippen molar-refractivity contribution in [2.45, 2.75) is 51.4 Å². The number of hydrogen-bond acceptors (Lipinski definition) is 1. The quantitative estimate of drug-likeness (QED) is 0.436. The molecule has 1 aromatic rings. The lowest BCUT2D eigenvalue weighted by atomic mass is 9.78. The van der Waals surface area contributed by atoms with Crippen molar-refractivity contribution in [3.63, 3.8) is 0 Å². The minimum absolute atomic E-state index is 0.712. The van der Waals surface area contributed by atoms with Gasteiger partial charge in [-0.15, -0.1) is 0 Å². The highest BCUT2D eigenvalue weighted by Crippen LogP contribution is 2.34. The van der Waals surface area contributed by atoms with Crippen molar-refractivity contribution in [3.8, 4) is 6.07 Å². The molecule has 0 atom stereocenters. The van der Waals surface area contributed by atoms with E-state index in [1.54, 1.807) is 12.1 Å². The van der Waals surface area contributed by atoms with Gasteiger partial charge in [-0.05, 0) is 55.2 Å². The fourth-order valence-corrected chi connectivity index (χ4v) is 3.48. The summed E-state index contributed by atoms with van der Waals surface area (Å²) in [5, 5.41) is 8.39. The van der Waals surface area contributed by atoms with Crippen LogP contribution in [0.15, 0.2) is 42.5 Å². The van der Waals surface area contributed by atoms with Crippen LogP contribution in [0, 0.1) is 34.8 Å². The van der Waals surface area contributed by atoms with Crippen LogP contribution in [0.25, 0.3) is 0 Å². The van der Waals surface area contributed by atoms with E-state index in [9.17, 15) is 8.78 Å². The standard InChI is InChI=1S/C21H25F2N/c22-20-14-13-19(16-21(20)23)12-11-18-9-7-17(8-10-18)6-4-2-1-3-5-15-24/h1-3,5,13-14,16-18H,4,6-12H2/t17-,18-. The highest BCUT2D eigenvalue weighted by atomic mass is 19.2.